The number of amides is 1. The van der Waals surface area contributed by atoms with E-state index in [1.54, 1.807) is 19.2 Å². The van der Waals surface area contributed by atoms with E-state index in [0.717, 1.165) is 11.3 Å². The zero-order valence-electron chi connectivity index (χ0n) is 17.1. The van der Waals surface area contributed by atoms with Crippen LogP contribution in [0.15, 0.2) is 48.8 Å². The Morgan fingerprint density at radius 1 is 1.23 bits per heavy atom. The first kappa shape index (κ1) is 21.3. The fourth-order valence-corrected chi connectivity index (χ4v) is 3.24. The van der Waals surface area contributed by atoms with E-state index in [9.17, 15) is 14.9 Å². The first-order valence-corrected chi connectivity index (χ1v) is 9.52. The van der Waals surface area contributed by atoms with Gasteiger partial charge in [-0.15, -0.1) is 0 Å². The lowest BCUT2D eigenvalue weighted by molar-refractivity contribution is -0.383. The molecule has 0 fully saturated rings. The van der Waals surface area contributed by atoms with Crippen LogP contribution >= 0.6 is 0 Å². The molecule has 0 aliphatic rings. The first-order valence-electron chi connectivity index (χ1n) is 9.52. The zero-order chi connectivity index (χ0) is 21.7. The summed E-state index contributed by atoms with van der Waals surface area (Å²) < 4.78 is 12.3. The molecule has 30 heavy (non-hydrogen) atoms. The number of ether oxygens (including phenoxy) is 2. The average molecular weight is 412 g/mol. The Labute approximate surface area is 173 Å². The maximum absolute atomic E-state index is 12.5. The Bertz CT molecular complexity index is 1030. The number of methoxy groups -OCH3 is 1. The summed E-state index contributed by atoms with van der Waals surface area (Å²) in [7, 11) is 1.62. The van der Waals surface area contributed by atoms with Crippen molar-refractivity contribution in [3.8, 4) is 5.75 Å². The molecule has 0 saturated heterocycles. The molecular weight excluding hydrogens is 388 g/mol. The van der Waals surface area contributed by atoms with Gasteiger partial charge in [0.05, 0.1) is 29.4 Å². The molecule has 158 valence electrons. The molecule has 1 N–H and O–H groups in total. The van der Waals surface area contributed by atoms with Crippen molar-refractivity contribution in [1.82, 2.24) is 14.9 Å². The van der Waals surface area contributed by atoms with Crippen LogP contribution in [0.2, 0.25) is 0 Å². The topological polar surface area (TPSA) is 109 Å². The standard InChI is InChI=1S/C21H24N4O5/c1-14(12-29-3)30-17-9-7-16(8-10-17)15(2)23-20(26)11-24-13-22-18-5-4-6-19(21(18)24)25(27)28/h4-10,13-15H,11-12H2,1-3H3,(H,23,26)/t14-,15?/m0/s1. The van der Waals surface area contributed by atoms with Crippen molar-refractivity contribution < 1.29 is 19.2 Å². The molecule has 0 aliphatic carbocycles. The van der Waals surface area contributed by atoms with E-state index in [4.69, 9.17) is 9.47 Å². The minimum atomic E-state index is -0.474. The van der Waals surface area contributed by atoms with Crippen molar-refractivity contribution in [2.45, 2.75) is 32.5 Å². The van der Waals surface area contributed by atoms with Crippen LogP contribution in [0.3, 0.4) is 0 Å². The number of carbonyl (C=O) groups is 1. The summed E-state index contributed by atoms with van der Waals surface area (Å²) in [6, 6.07) is 11.9. The monoisotopic (exact) mass is 412 g/mol. The number of nitrogens with one attached hydrogen (secondary N) is 1. The van der Waals surface area contributed by atoms with Gasteiger partial charge in [-0.05, 0) is 37.6 Å². The number of benzene rings is 2. The number of nitrogens with zero attached hydrogens (tertiary/aromatic N) is 3. The smallest absolute Gasteiger partial charge is 0.295 e. The molecule has 3 aromatic rings. The number of imidazole rings is 1. The predicted octanol–water partition coefficient (Wildman–Crippen LogP) is 3.24. The SMILES string of the molecule is COC[C@H](C)Oc1ccc(C(C)NC(=O)Cn2cnc3cccc([N+](=O)[O-])c32)cc1. The molecule has 1 heterocycles. The Hall–Kier alpha value is -3.46. The van der Waals surface area contributed by atoms with E-state index >= 15 is 0 Å². The lowest BCUT2D eigenvalue weighted by atomic mass is 10.1. The number of rotatable bonds is 9. The fourth-order valence-electron chi connectivity index (χ4n) is 3.24. The van der Waals surface area contributed by atoms with E-state index in [1.165, 1.54) is 17.0 Å². The van der Waals surface area contributed by atoms with Gasteiger partial charge in [-0.3, -0.25) is 14.9 Å². The Balaban J connectivity index is 1.65. The summed E-state index contributed by atoms with van der Waals surface area (Å²) in [6.07, 6.45) is 1.38. The molecule has 0 saturated carbocycles. The third kappa shape index (κ3) is 4.93. The zero-order valence-corrected chi connectivity index (χ0v) is 17.1. The highest BCUT2D eigenvalue weighted by molar-refractivity contribution is 5.87. The van der Waals surface area contributed by atoms with Gasteiger partial charge in [-0.2, -0.15) is 0 Å². The molecule has 1 amide bonds. The second-order valence-electron chi connectivity index (χ2n) is 7.02. The molecule has 9 nitrogen and oxygen atoms in total. The normalized spacial score (nSPS) is 13.0. The maximum Gasteiger partial charge on any atom is 0.295 e. The molecule has 9 heteroatoms. The summed E-state index contributed by atoms with van der Waals surface area (Å²) in [4.78, 5) is 27.5. The number of para-hydroxylation sites is 1. The number of nitro groups is 1. The molecule has 0 bridgehead atoms. The number of non-ortho nitro benzene ring substituents is 1. The summed E-state index contributed by atoms with van der Waals surface area (Å²) in [5.74, 6) is 0.452. The number of fused-ring (bicyclic) bond motifs is 1. The second-order valence-corrected chi connectivity index (χ2v) is 7.02. The van der Waals surface area contributed by atoms with E-state index in [0.29, 0.717) is 17.6 Å². The largest absolute Gasteiger partial charge is 0.488 e. The first-order chi connectivity index (χ1) is 14.4. The van der Waals surface area contributed by atoms with Crippen LogP contribution in [0.5, 0.6) is 5.75 Å². The summed E-state index contributed by atoms with van der Waals surface area (Å²) >= 11 is 0. The number of aromatic nitrogens is 2. The molecule has 1 aromatic heterocycles. The predicted molar refractivity (Wildman–Crippen MR) is 111 cm³/mol. The molecule has 3 rings (SSSR count). The summed E-state index contributed by atoms with van der Waals surface area (Å²) in [5.41, 5.74) is 1.64. The summed E-state index contributed by atoms with van der Waals surface area (Å²) in [6.45, 7) is 4.22. The van der Waals surface area contributed by atoms with Gasteiger partial charge >= 0.3 is 0 Å². The molecule has 2 atom stereocenters. The van der Waals surface area contributed by atoms with Crippen LogP contribution in [-0.2, 0) is 16.1 Å². The van der Waals surface area contributed by atoms with Crippen LogP contribution in [0.1, 0.15) is 25.5 Å². The van der Waals surface area contributed by atoms with E-state index < -0.39 is 4.92 Å². The van der Waals surface area contributed by atoms with Crippen molar-refractivity contribution in [2.75, 3.05) is 13.7 Å². The lowest BCUT2D eigenvalue weighted by Crippen LogP contribution is -2.30. The van der Waals surface area contributed by atoms with Crippen molar-refractivity contribution in [2.24, 2.45) is 0 Å². The highest BCUT2D eigenvalue weighted by atomic mass is 16.6. The molecule has 0 aliphatic heterocycles. The second kappa shape index (κ2) is 9.36. The molecular formula is C21H24N4O5. The van der Waals surface area contributed by atoms with Gasteiger partial charge in [0.15, 0.2) is 0 Å². The van der Waals surface area contributed by atoms with Crippen molar-refractivity contribution in [3.63, 3.8) is 0 Å². The molecule has 0 spiro atoms. The average Bonchev–Trinajstić information content (AvgIpc) is 3.11. The van der Waals surface area contributed by atoms with Gasteiger partial charge in [-0.1, -0.05) is 18.2 Å². The molecule has 1 unspecified atom stereocenters. The van der Waals surface area contributed by atoms with Crippen molar-refractivity contribution in [3.05, 3.63) is 64.5 Å². The van der Waals surface area contributed by atoms with Crippen LogP contribution < -0.4 is 10.1 Å². The molecule has 2 aromatic carbocycles. The van der Waals surface area contributed by atoms with Gasteiger partial charge in [-0.25, -0.2) is 4.98 Å². The van der Waals surface area contributed by atoms with Gasteiger partial charge in [0.2, 0.25) is 5.91 Å². The van der Waals surface area contributed by atoms with Crippen LogP contribution in [0.25, 0.3) is 11.0 Å². The minimum absolute atomic E-state index is 0.0629. The number of nitro benzene ring substituents is 1. The van der Waals surface area contributed by atoms with Crippen molar-refractivity contribution >= 4 is 22.6 Å². The number of carbonyl (C=O) groups excluding carboxylic acids is 1. The van der Waals surface area contributed by atoms with E-state index in [-0.39, 0.29) is 30.3 Å². The minimum Gasteiger partial charge on any atom is -0.488 e. The number of hydrogen-bond donors (Lipinski definition) is 1. The van der Waals surface area contributed by atoms with Gasteiger partial charge in [0.25, 0.3) is 5.69 Å². The van der Waals surface area contributed by atoms with Crippen molar-refractivity contribution in [1.29, 1.82) is 0 Å². The van der Waals surface area contributed by atoms with Crippen LogP contribution in [0.4, 0.5) is 5.69 Å². The third-order valence-electron chi connectivity index (χ3n) is 4.62. The Morgan fingerprint density at radius 3 is 2.63 bits per heavy atom. The van der Waals surface area contributed by atoms with Crippen LogP contribution in [0, 0.1) is 10.1 Å². The Kier molecular flexibility index (Phi) is 6.63. The van der Waals surface area contributed by atoms with Gasteiger partial charge in [0, 0.05) is 13.2 Å². The highest BCUT2D eigenvalue weighted by Gasteiger charge is 2.18. The highest BCUT2D eigenvalue weighted by Crippen LogP contribution is 2.24. The van der Waals surface area contributed by atoms with Crippen LogP contribution in [-0.4, -0.2) is 40.2 Å². The van der Waals surface area contributed by atoms with Gasteiger partial charge in [0.1, 0.15) is 23.9 Å². The lowest BCUT2D eigenvalue weighted by Gasteiger charge is -2.17. The maximum atomic E-state index is 12.5. The van der Waals surface area contributed by atoms with E-state index in [2.05, 4.69) is 10.3 Å². The van der Waals surface area contributed by atoms with Gasteiger partial charge < -0.3 is 19.4 Å². The fraction of sp³-hybridized carbons (Fsp3) is 0.333. The van der Waals surface area contributed by atoms with E-state index in [1.807, 2.05) is 38.1 Å². The summed E-state index contributed by atoms with van der Waals surface area (Å²) in [5, 5.41) is 14.2. The molecule has 0 radical (unpaired) electrons. The Morgan fingerprint density at radius 2 is 1.97 bits per heavy atom. The quantitative estimate of drug-likeness (QED) is 0.427. The third-order valence-corrected chi connectivity index (χ3v) is 4.62. The number of hydrogen-bond acceptors (Lipinski definition) is 6.